The van der Waals surface area contributed by atoms with Gasteiger partial charge in [-0.3, -0.25) is 4.79 Å². The maximum absolute atomic E-state index is 12.2. The van der Waals surface area contributed by atoms with Gasteiger partial charge in [0.2, 0.25) is 0 Å². The molecule has 7 heteroatoms. The molecule has 0 saturated heterocycles. The fourth-order valence-corrected chi connectivity index (χ4v) is 3.35. The van der Waals surface area contributed by atoms with Crippen LogP contribution >= 0.6 is 39.1 Å². The maximum Gasteiger partial charge on any atom is 0.343 e. The molecule has 3 rings (SSSR count). The van der Waals surface area contributed by atoms with Gasteiger partial charge >= 0.3 is 11.9 Å². The zero-order valence-corrected chi connectivity index (χ0v) is 16.5. The van der Waals surface area contributed by atoms with E-state index in [0.29, 0.717) is 26.4 Å². The summed E-state index contributed by atoms with van der Waals surface area (Å²) in [5.74, 6) is -0.441. The maximum atomic E-state index is 12.2. The Bertz CT molecular complexity index is 962. The molecule has 0 aromatic heterocycles. The van der Waals surface area contributed by atoms with Crippen LogP contribution in [0.5, 0.6) is 5.75 Å². The van der Waals surface area contributed by atoms with Gasteiger partial charge in [0, 0.05) is 27.5 Å². The summed E-state index contributed by atoms with van der Waals surface area (Å²) in [5.41, 5.74) is 1.50. The smallest absolute Gasteiger partial charge is 0.343 e. The summed E-state index contributed by atoms with van der Waals surface area (Å²) in [4.78, 5) is 23.6. The topological polar surface area (TPSA) is 52.6 Å². The largest absolute Gasteiger partial charge is 0.424 e. The average molecular weight is 454 g/mol. The molecule has 4 nitrogen and oxygen atoms in total. The minimum Gasteiger partial charge on any atom is -0.424 e. The molecule has 0 atom stereocenters. The molecule has 0 bridgehead atoms. The summed E-state index contributed by atoms with van der Waals surface area (Å²) in [7, 11) is 0. The molecular formula is C19H11BrCl2O4. The van der Waals surface area contributed by atoms with E-state index < -0.39 is 11.9 Å². The lowest BCUT2D eigenvalue weighted by atomic mass is 10.1. The number of hydrogen-bond donors (Lipinski definition) is 0. The predicted octanol–water partition coefficient (Wildman–Crippen LogP) is 5.66. The summed E-state index contributed by atoms with van der Waals surface area (Å²) < 4.78 is 11.2. The minimum atomic E-state index is -0.514. The van der Waals surface area contributed by atoms with Crippen LogP contribution in [-0.4, -0.2) is 11.9 Å². The third kappa shape index (κ3) is 4.18. The van der Waals surface area contributed by atoms with Crippen molar-refractivity contribution in [1.82, 2.24) is 0 Å². The van der Waals surface area contributed by atoms with Gasteiger partial charge in [0.1, 0.15) is 5.76 Å². The number of carbonyl (C=O) groups is 2. The van der Waals surface area contributed by atoms with E-state index in [9.17, 15) is 9.59 Å². The molecule has 0 unspecified atom stereocenters. The number of hydrogen-bond acceptors (Lipinski definition) is 4. The second-order valence-electron chi connectivity index (χ2n) is 5.40. The van der Waals surface area contributed by atoms with Crippen molar-refractivity contribution < 1.29 is 19.1 Å². The van der Waals surface area contributed by atoms with E-state index in [1.165, 1.54) is 6.92 Å². The Morgan fingerprint density at radius 1 is 1.19 bits per heavy atom. The molecule has 0 aliphatic carbocycles. The molecule has 26 heavy (non-hydrogen) atoms. The third-order valence-corrected chi connectivity index (χ3v) is 4.44. The highest BCUT2D eigenvalue weighted by Gasteiger charge is 2.23. The van der Waals surface area contributed by atoms with Gasteiger partial charge < -0.3 is 9.47 Å². The highest BCUT2D eigenvalue weighted by Crippen LogP contribution is 2.36. The Labute approximate surface area is 168 Å². The van der Waals surface area contributed by atoms with Crippen molar-refractivity contribution in [2.45, 2.75) is 6.92 Å². The van der Waals surface area contributed by atoms with Gasteiger partial charge in [-0.1, -0.05) is 39.1 Å². The number of benzene rings is 2. The Morgan fingerprint density at radius 3 is 2.54 bits per heavy atom. The first-order valence-corrected chi connectivity index (χ1v) is 8.97. The summed E-state index contributed by atoms with van der Waals surface area (Å²) >= 11 is 15.4. The number of rotatable bonds is 3. The van der Waals surface area contributed by atoms with Crippen LogP contribution in [0.3, 0.4) is 0 Å². The van der Waals surface area contributed by atoms with Crippen molar-refractivity contribution >= 4 is 62.9 Å². The molecule has 0 radical (unpaired) electrons. The monoisotopic (exact) mass is 452 g/mol. The Morgan fingerprint density at radius 2 is 1.88 bits per heavy atom. The Balaban J connectivity index is 2.03. The van der Waals surface area contributed by atoms with Gasteiger partial charge in [0.05, 0.1) is 10.6 Å². The van der Waals surface area contributed by atoms with Gasteiger partial charge in [-0.15, -0.1) is 0 Å². The van der Waals surface area contributed by atoms with Crippen LogP contribution in [-0.2, 0) is 14.3 Å². The molecule has 0 N–H and O–H groups in total. The summed E-state index contributed by atoms with van der Waals surface area (Å²) in [6, 6.07) is 10.2. The number of esters is 2. The predicted molar refractivity (Wildman–Crippen MR) is 104 cm³/mol. The van der Waals surface area contributed by atoms with Crippen molar-refractivity contribution in [3.05, 3.63) is 73.7 Å². The van der Waals surface area contributed by atoms with Gasteiger partial charge in [-0.25, -0.2) is 4.79 Å². The second-order valence-corrected chi connectivity index (χ2v) is 7.16. The van der Waals surface area contributed by atoms with E-state index >= 15 is 0 Å². The van der Waals surface area contributed by atoms with Gasteiger partial charge in [0.15, 0.2) is 5.75 Å². The molecule has 0 saturated carbocycles. The fraction of sp³-hybridized carbons (Fsp3) is 0.0526. The SMILES string of the molecule is CC(=O)Oc1c(Cl)cc(Br)cc1/C=C1/C=C(c2ccc(Cl)cc2)OC1=O. The highest BCUT2D eigenvalue weighted by molar-refractivity contribution is 9.10. The van der Waals surface area contributed by atoms with E-state index in [-0.39, 0.29) is 10.8 Å². The van der Waals surface area contributed by atoms with E-state index in [0.717, 1.165) is 5.56 Å². The Hall–Kier alpha value is -2.08. The molecule has 1 aliphatic heterocycles. The third-order valence-electron chi connectivity index (χ3n) is 3.45. The number of ether oxygens (including phenoxy) is 2. The standard InChI is InChI=1S/C19H11BrCl2O4/c1-10(23)25-18-12(7-14(20)9-16(18)22)6-13-8-17(26-19(13)24)11-2-4-15(21)5-3-11/h2-9H,1H3/b13-6-. The van der Waals surface area contributed by atoms with Gasteiger partial charge in [-0.2, -0.15) is 0 Å². The minimum absolute atomic E-state index is 0.177. The summed E-state index contributed by atoms with van der Waals surface area (Å²) in [6.07, 6.45) is 3.16. The van der Waals surface area contributed by atoms with E-state index in [2.05, 4.69) is 15.9 Å². The van der Waals surface area contributed by atoms with Crippen molar-refractivity contribution in [3.8, 4) is 5.75 Å². The quantitative estimate of drug-likeness (QED) is 0.341. The van der Waals surface area contributed by atoms with Crippen LogP contribution in [0.1, 0.15) is 18.1 Å². The molecule has 1 aliphatic rings. The normalized spacial score (nSPS) is 15.0. The van der Waals surface area contributed by atoms with Crippen LogP contribution in [0.25, 0.3) is 11.8 Å². The fourth-order valence-electron chi connectivity index (χ4n) is 2.35. The van der Waals surface area contributed by atoms with Gasteiger partial charge in [-0.05, 0) is 48.6 Å². The van der Waals surface area contributed by atoms with Crippen LogP contribution in [0.15, 0.2) is 52.5 Å². The molecule has 2 aromatic rings. The van der Waals surface area contributed by atoms with Crippen molar-refractivity contribution in [2.75, 3.05) is 0 Å². The zero-order chi connectivity index (χ0) is 18.8. The Kier molecular flexibility index (Phi) is 5.51. The second kappa shape index (κ2) is 7.66. The first kappa shape index (κ1) is 18.7. The molecular weight excluding hydrogens is 443 g/mol. The molecule has 1 heterocycles. The molecule has 132 valence electrons. The molecule has 2 aromatic carbocycles. The van der Waals surface area contributed by atoms with E-state index in [1.54, 1.807) is 48.6 Å². The number of carbonyl (C=O) groups excluding carboxylic acids is 2. The highest BCUT2D eigenvalue weighted by atomic mass is 79.9. The lowest BCUT2D eigenvalue weighted by molar-refractivity contribution is -0.132. The lowest BCUT2D eigenvalue weighted by Gasteiger charge is -2.09. The average Bonchev–Trinajstić information content (AvgIpc) is 2.92. The van der Waals surface area contributed by atoms with Crippen molar-refractivity contribution in [3.63, 3.8) is 0 Å². The van der Waals surface area contributed by atoms with E-state index in [4.69, 9.17) is 32.7 Å². The van der Waals surface area contributed by atoms with E-state index in [1.807, 2.05) is 0 Å². The van der Waals surface area contributed by atoms with Crippen LogP contribution in [0.2, 0.25) is 10.0 Å². The molecule has 0 amide bonds. The number of halogens is 3. The van der Waals surface area contributed by atoms with Gasteiger partial charge in [0.25, 0.3) is 0 Å². The van der Waals surface area contributed by atoms with Crippen molar-refractivity contribution in [2.24, 2.45) is 0 Å². The summed E-state index contributed by atoms with van der Waals surface area (Å²) in [6.45, 7) is 1.28. The van der Waals surface area contributed by atoms with Crippen molar-refractivity contribution in [1.29, 1.82) is 0 Å². The molecule has 0 fully saturated rings. The zero-order valence-electron chi connectivity index (χ0n) is 13.4. The summed E-state index contributed by atoms with van der Waals surface area (Å²) in [5, 5.41) is 0.832. The van der Waals surface area contributed by atoms with Crippen LogP contribution in [0, 0.1) is 0 Å². The number of cyclic esters (lactones) is 1. The van der Waals surface area contributed by atoms with Crippen LogP contribution in [0.4, 0.5) is 0 Å². The first-order chi connectivity index (χ1) is 12.3. The first-order valence-electron chi connectivity index (χ1n) is 7.42. The lowest BCUT2D eigenvalue weighted by Crippen LogP contribution is -2.04. The van der Waals surface area contributed by atoms with Crippen LogP contribution < -0.4 is 4.74 Å². The molecule has 0 spiro atoms.